The number of hydrogen-bond donors (Lipinski definition) is 1. The molecule has 0 aliphatic rings. The minimum Gasteiger partial charge on any atom is -0.479 e. The average Bonchev–Trinajstić information content (AvgIpc) is 3.29. The van der Waals surface area contributed by atoms with E-state index in [9.17, 15) is 9.90 Å². The van der Waals surface area contributed by atoms with Crippen LogP contribution >= 0.6 is 11.5 Å². The lowest BCUT2D eigenvalue weighted by molar-refractivity contribution is -0.145. The summed E-state index contributed by atoms with van der Waals surface area (Å²) in [5, 5.41) is 9.53. The zero-order valence-electron chi connectivity index (χ0n) is 17.6. The summed E-state index contributed by atoms with van der Waals surface area (Å²) in [6.45, 7) is 0. The largest absolute Gasteiger partial charge is 0.479 e. The van der Waals surface area contributed by atoms with Gasteiger partial charge in [0.15, 0.2) is 6.10 Å². The molecule has 0 saturated heterocycles. The van der Waals surface area contributed by atoms with Crippen molar-refractivity contribution < 1.29 is 14.6 Å². The minimum atomic E-state index is -0.938. The average molecular weight is 444 g/mol. The number of para-hydroxylation sites is 1. The van der Waals surface area contributed by atoms with E-state index in [2.05, 4.69) is 54.6 Å². The van der Waals surface area contributed by atoms with Gasteiger partial charge in [0.2, 0.25) is 0 Å². The van der Waals surface area contributed by atoms with Crippen LogP contribution in [0.3, 0.4) is 0 Å². The van der Waals surface area contributed by atoms with E-state index in [4.69, 9.17) is 9.11 Å². The van der Waals surface area contributed by atoms with Crippen LogP contribution in [-0.4, -0.2) is 21.6 Å². The third-order valence-electron chi connectivity index (χ3n) is 5.33. The zero-order chi connectivity index (χ0) is 22.2. The van der Waals surface area contributed by atoms with E-state index in [1.807, 2.05) is 30.3 Å². The highest BCUT2D eigenvalue weighted by atomic mass is 32.1. The van der Waals surface area contributed by atoms with E-state index in [0.717, 1.165) is 17.0 Å². The Morgan fingerprint density at radius 3 is 2.00 bits per heavy atom. The predicted octanol–water partition coefficient (Wildman–Crippen LogP) is 6.18. The summed E-state index contributed by atoms with van der Waals surface area (Å²) >= 11 is 1.49. The van der Waals surface area contributed by atoms with E-state index in [-0.39, 0.29) is 5.92 Å². The SMILES string of the molecule is O=C(O)C(CCCc1cc(C(c2ccccc2)c2ccccc2)ns1)Oc1ccccc1. The van der Waals surface area contributed by atoms with E-state index >= 15 is 0 Å². The van der Waals surface area contributed by atoms with Crippen molar-refractivity contribution in [3.63, 3.8) is 0 Å². The Balaban J connectivity index is 1.43. The van der Waals surface area contributed by atoms with Crippen molar-refractivity contribution in [2.24, 2.45) is 0 Å². The Morgan fingerprint density at radius 1 is 0.875 bits per heavy atom. The summed E-state index contributed by atoms with van der Waals surface area (Å²) in [6, 6.07) is 32.1. The molecule has 32 heavy (non-hydrogen) atoms. The number of rotatable bonds is 10. The van der Waals surface area contributed by atoms with Gasteiger partial charge in [0.25, 0.3) is 0 Å². The van der Waals surface area contributed by atoms with Gasteiger partial charge in [-0.3, -0.25) is 0 Å². The molecule has 0 bridgehead atoms. The van der Waals surface area contributed by atoms with Crippen LogP contribution in [0, 0.1) is 0 Å². The van der Waals surface area contributed by atoms with Crippen molar-refractivity contribution in [2.45, 2.75) is 31.3 Å². The predicted molar refractivity (Wildman–Crippen MR) is 127 cm³/mol. The van der Waals surface area contributed by atoms with Crippen LogP contribution in [0.1, 0.15) is 40.5 Å². The van der Waals surface area contributed by atoms with Gasteiger partial charge in [-0.1, -0.05) is 78.9 Å². The Kier molecular flexibility index (Phi) is 7.31. The molecule has 0 fully saturated rings. The van der Waals surface area contributed by atoms with Gasteiger partial charge in [0.1, 0.15) is 5.75 Å². The first-order chi connectivity index (χ1) is 15.7. The Bertz CT molecular complexity index is 1070. The molecule has 0 aliphatic heterocycles. The van der Waals surface area contributed by atoms with Crippen molar-refractivity contribution in [2.75, 3.05) is 0 Å². The number of benzene rings is 3. The molecule has 0 radical (unpaired) electrons. The van der Waals surface area contributed by atoms with E-state index in [1.54, 1.807) is 12.1 Å². The number of carboxylic acid groups (broad SMARTS) is 1. The van der Waals surface area contributed by atoms with Gasteiger partial charge >= 0.3 is 5.97 Å². The molecule has 1 aromatic heterocycles. The summed E-state index contributed by atoms with van der Waals surface area (Å²) in [7, 11) is 0. The van der Waals surface area contributed by atoms with Gasteiger partial charge in [0, 0.05) is 4.88 Å². The molecule has 0 aliphatic carbocycles. The van der Waals surface area contributed by atoms with Crippen molar-refractivity contribution in [1.82, 2.24) is 4.37 Å². The number of carboxylic acids is 1. The monoisotopic (exact) mass is 443 g/mol. The molecule has 1 unspecified atom stereocenters. The third kappa shape index (κ3) is 5.62. The summed E-state index contributed by atoms with van der Waals surface area (Å²) in [6.07, 6.45) is 1.08. The number of aromatic nitrogens is 1. The molecule has 4 aromatic rings. The molecule has 1 N–H and O–H groups in total. The van der Waals surface area contributed by atoms with Gasteiger partial charge < -0.3 is 9.84 Å². The van der Waals surface area contributed by atoms with Crippen LogP contribution < -0.4 is 4.74 Å². The highest BCUT2D eigenvalue weighted by Crippen LogP contribution is 2.32. The maximum absolute atomic E-state index is 11.6. The highest BCUT2D eigenvalue weighted by Gasteiger charge is 2.21. The number of aliphatic carboxylic acids is 1. The van der Waals surface area contributed by atoms with Crippen molar-refractivity contribution >= 4 is 17.5 Å². The lowest BCUT2D eigenvalue weighted by Crippen LogP contribution is -2.27. The first kappa shape index (κ1) is 21.8. The molecular weight excluding hydrogens is 418 g/mol. The van der Waals surface area contributed by atoms with Gasteiger partial charge in [-0.2, -0.15) is 4.37 Å². The number of nitrogens with zero attached hydrogens (tertiary/aromatic N) is 1. The summed E-state index contributed by atoms with van der Waals surface area (Å²) in [5.41, 5.74) is 3.44. The quantitative estimate of drug-likeness (QED) is 0.318. The second-order valence-electron chi connectivity index (χ2n) is 7.62. The summed E-state index contributed by atoms with van der Waals surface area (Å²) in [4.78, 5) is 12.8. The molecule has 0 saturated carbocycles. The van der Waals surface area contributed by atoms with Crippen LogP contribution in [0.25, 0.3) is 0 Å². The van der Waals surface area contributed by atoms with Crippen LogP contribution in [0.4, 0.5) is 0 Å². The van der Waals surface area contributed by atoms with Crippen LogP contribution in [-0.2, 0) is 11.2 Å². The number of ether oxygens (including phenoxy) is 1. The number of carbonyl (C=O) groups is 1. The lowest BCUT2D eigenvalue weighted by Gasteiger charge is -2.16. The van der Waals surface area contributed by atoms with Gasteiger partial charge in [-0.25, -0.2) is 4.79 Å². The Morgan fingerprint density at radius 2 is 1.44 bits per heavy atom. The minimum absolute atomic E-state index is 0.0792. The second-order valence-corrected chi connectivity index (χ2v) is 8.51. The molecule has 1 atom stereocenters. The van der Waals surface area contributed by atoms with Crippen LogP contribution in [0.5, 0.6) is 5.75 Å². The fraction of sp³-hybridized carbons (Fsp3) is 0.185. The van der Waals surface area contributed by atoms with E-state index in [0.29, 0.717) is 18.6 Å². The first-order valence-corrected chi connectivity index (χ1v) is 11.5. The van der Waals surface area contributed by atoms with Gasteiger partial charge in [-0.15, -0.1) is 0 Å². The molecule has 4 nitrogen and oxygen atoms in total. The lowest BCUT2D eigenvalue weighted by atomic mass is 9.88. The maximum atomic E-state index is 11.6. The summed E-state index contributed by atoms with van der Waals surface area (Å²) < 4.78 is 10.4. The van der Waals surface area contributed by atoms with E-state index < -0.39 is 12.1 Å². The maximum Gasteiger partial charge on any atom is 0.344 e. The Labute approximate surface area is 192 Å². The highest BCUT2D eigenvalue weighted by molar-refractivity contribution is 7.05. The number of hydrogen-bond acceptors (Lipinski definition) is 4. The van der Waals surface area contributed by atoms with Crippen LogP contribution in [0.2, 0.25) is 0 Å². The standard InChI is InChI=1S/C27H25NO3S/c29-27(30)25(31-22-15-8-3-9-16-22)18-10-17-23-19-24(28-32-23)26(20-11-4-1-5-12-20)21-13-6-2-7-14-21/h1-9,11-16,19,25-26H,10,17-18H2,(H,29,30). The van der Waals surface area contributed by atoms with Gasteiger partial charge in [0.05, 0.1) is 11.6 Å². The third-order valence-corrected chi connectivity index (χ3v) is 6.18. The first-order valence-electron chi connectivity index (χ1n) is 10.7. The fourth-order valence-electron chi connectivity index (χ4n) is 3.77. The topological polar surface area (TPSA) is 59.4 Å². The molecule has 5 heteroatoms. The zero-order valence-corrected chi connectivity index (χ0v) is 18.4. The Hall–Kier alpha value is -3.44. The van der Waals surface area contributed by atoms with Crippen molar-refractivity contribution in [3.05, 3.63) is 119 Å². The molecule has 162 valence electrons. The van der Waals surface area contributed by atoms with E-state index in [1.165, 1.54) is 22.7 Å². The molecule has 0 amide bonds. The molecule has 3 aromatic carbocycles. The normalized spacial score (nSPS) is 11.9. The second kappa shape index (κ2) is 10.7. The van der Waals surface area contributed by atoms with Gasteiger partial charge in [-0.05, 0) is 60.1 Å². The molecule has 4 rings (SSSR count). The summed E-state index contributed by atoms with van der Waals surface area (Å²) in [5.74, 6) is -0.281. The fourth-order valence-corrected chi connectivity index (χ4v) is 4.56. The van der Waals surface area contributed by atoms with Crippen molar-refractivity contribution in [3.8, 4) is 5.75 Å². The molecular formula is C27H25NO3S. The van der Waals surface area contributed by atoms with Crippen molar-refractivity contribution in [1.29, 1.82) is 0 Å². The van der Waals surface area contributed by atoms with Crippen LogP contribution in [0.15, 0.2) is 97.1 Å². The molecule has 1 heterocycles. The number of aryl methyl sites for hydroxylation is 1. The molecule has 0 spiro atoms. The smallest absolute Gasteiger partial charge is 0.344 e.